The third kappa shape index (κ3) is 9.36. The minimum atomic E-state index is -0.589. The van der Waals surface area contributed by atoms with Crippen LogP contribution >= 0.6 is 0 Å². The lowest BCUT2D eigenvalue weighted by atomic mass is 10.0. The van der Waals surface area contributed by atoms with Crippen molar-refractivity contribution in [2.75, 3.05) is 6.61 Å². The molecule has 1 saturated heterocycles. The van der Waals surface area contributed by atoms with E-state index in [0.29, 0.717) is 6.61 Å². The average molecular weight is 389 g/mol. The van der Waals surface area contributed by atoms with Crippen LogP contribution in [0.1, 0.15) is 95.8 Å². The maximum atomic E-state index is 10.1. The van der Waals surface area contributed by atoms with Crippen molar-refractivity contribution in [2.45, 2.75) is 102 Å². The number of aliphatic hydroxyl groups is 1. The van der Waals surface area contributed by atoms with Gasteiger partial charge in [0.2, 0.25) is 0 Å². The fourth-order valence-electron chi connectivity index (χ4n) is 3.67. The van der Waals surface area contributed by atoms with E-state index < -0.39 is 6.10 Å². The zero-order valence-corrected chi connectivity index (χ0v) is 17.7. The molecule has 158 valence electrons. The zero-order chi connectivity index (χ0) is 19.9. The van der Waals surface area contributed by atoms with Gasteiger partial charge < -0.3 is 14.6 Å². The topological polar surface area (TPSA) is 38.7 Å². The molecule has 1 heterocycles. The fourth-order valence-corrected chi connectivity index (χ4v) is 3.67. The second-order valence-electron chi connectivity index (χ2n) is 8.00. The summed E-state index contributed by atoms with van der Waals surface area (Å²) in [6.45, 7) is 2.59. The smallest absolute Gasteiger partial charge is 0.184 e. The Morgan fingerprint density at radius 1 is 0.893 bits per heavy atom. The van der Waals surface area contributed by atoms with E-state index in [9.17, 15) is 5.11 Å². The molecule has 2 rings (SSSR count). The largest absolute Gasteiger partial charge is 0.388 e. The summed E-state index contributed by atoms with van der Waals surface area (Å²) in [6, 6.07) is 9.92. The van der Waals surface area contributed by atoms with Crippen molar-refractivity contribution in [2.24, 2.45) is 0 Å². The van der Waals surface area contributed by atoms with Gasteiger partial charge in [0.05, 0.1) is 6.61 Å². The summed E-state index contributed by atoms with van der Waals surface area (Å²) in [4.78, 5) is 0. The van der Waals surface area contributed by atoms with Gasteiger partial charge in [-0.05, 0) is 12.8 Å². The summed E-state index contributed by atoms with van der Waals surface area (Å²) in [7, 11) is 0. The molecular formula is C25H40O3. The molecule has 3 unspecified atom stereocenters. The molecule has 0 bridgehead atoms. The quantitative estimate of drug-likeness (QED) is 0.284. The van der Waals surface area contributed by atoms with Crippen LogP contribution in [0.25, 0.3) is 0 Å². The van der Waals surface area contributed by atoms with Crippen LogP contribution in [0.3, 0.4) is 0 Å². The van der Waals surface area contributed by atoms with Crippen molar-refractivity contribution < 1.29 is 14.6 Å². The molecule has 3 nitrogen and oxygen atoms in total. The van der Waals surface area contributed by atoms with Gasteiger partial charge in [-0.15, -0.1) is 0 Å². The number of benzene rings is 1. The van der Waals surface area contributed by atoms with Gasteiger partial charge in [0, 0.05) is 5.56 Å². The zero-order valence-electron chi connectivity index (χ0n) is 17.7. The van der Waals surface area contributed by atoms with Gasteiger partial charge in [0.1, 0.15) is 12.2 Å². The Hall–Kier alpha value is -1.16. The van der Waals surface area contributed by atoms with Gasteiger partial charge >= 0.3 is 0 Å². The summed E-state index contributed by atoms with van der Waals surface area (Å²) >= 11 is 0. The Morgan fingerprint density at radius 2 is 1.50 bits per heavy atom. The Balaban J connectivity index is 1.51. The average Bonchev–Trinajstić information content (AvgIpc) is 2.73. The number of hydrogen-bond acceptors (Lipinski definition) is 3. The molecule has 1 fully saturated rings. The van der Waals surface area contributed by atoms with Crippen molar-refractivity contribution >= 4 is 0 Å². The van der Waals surface area contributed by atoms with E-state index in [1.54, 1.807) is 0 Å². The monoisotopic (exact) mass is 388 g/mol. The molecular weight excluding hydrogens is 348 g/mol. The standard InChI is InChI=1S/C25H40O3/c1-2-3-4-5-6-7-8-9-10-11-12-13-17-20-24-23(26)21-27-25(28-24)22-18-15-14-16-19-22/h14-20,23-26H,2-13,21H2,1H3. The van der Waals surface area contributed by atoms with Gasteiger partial charge in [0.25, 0.3) is 0 Å². The Kier molecular flexibility index (Phi) is 12.2. The second-order valence-corrected chi connectivity index (χ2v) is 8.00. The Labute approximate surface area is 172 Å². The van der Waals surface area contributed by atoms with Crippen LogP contribution in [-0.2, 0) is 9.47 Å². The van der Waals surface area contributed by atoms with Gasteiger partial charge in [-0.1, -0.05) is 114 Å². The summed E-state index contributed by atoms with van der Waals surface area (Å²) in [6.07, 6.45) is 19.0. The van der Waals surface area contributed by atoms with Gasteiger partial charge in [-0.3, -0.25) is 0 Å². The second kappa shape index (κ2) is 14.8. The molecule has 0 saturated carbocycles. The van der Waals surface area contributed by atoms with Crippen molar-refractivity contribution in [1.29, 1.82) is 0 Å². The summed E-state index contributed by atoms with van der Waals surface area (Å²) in [5.41, 5.74) is 0.998. The molecule has 1 N–H and O–H groups in total. The van der Waals surface area contributed by atoms with Gasteiger partial charge in [-0.2, -0.15) is 0 Å². The van der Waals surface area contributed by atoms with E-state index in [-0.39, 0.29) is 12.4 Å². The maximum absolute atomic E-state index is 10.1. The number of aliphatic hydroxyl groups excluding tert-OH is 1. The van der Waals surface area contributed by atoms with Gasteiger partial charge in [-0.25, -0.2) is 0 Å². The molecule has 28 heavy (non-hydrogen) atoms. The molecule has 0 amide bonds. The van der Waals surface area contributed by atoms with Crippen LogP contribution in [0.2, 0.25) is 0 Å². The lowest BCUT2D eigenvalue weighted by molar-refractivity contribution is -0.243. The van der Waals surface area contributed by atoms with Crippen LogP contribution in [-0.4, -0.2) is 23.9 Å². The van der Waals surface area contributed by atoms with Crippen LogP contribution in [0.15, 0.2) is 42.5 Å². The van der Waals surface area contributed by atoms with E-state index in [1.807, 2.05) is 36.4 Å². The molecule has 0 spiro atoms. The van der Waals surface area contributed by atoms with E-state index in [1.165, 1.54) is 70.6 Å². The predicted octanol–water partition coefficient (Wildman–Crippen LogP) is 6.72. The van der Waals surface area contributed by atoms with Crippen LogP contribution in [0.4, 0.5) is 0 Å². The molecule has 1 aromatic carbocycles. The van der Waals surface area contributed by atoms with E-state index in [2.05, 4.69) is 13.0 Å². The van der Waals surface area contributed by atoms with E-state index in [4.69, 9.17) is 9.47 Å². The SMILES string of the molecule is CCCCCCCCCCCCCC=CC1OC(c2ccccc2)OCC1O. The van der Waals surface area contributed by atoms with E-state index >= 15 is 0 Å². The number of rotatable bonds is 14. The Morgan fingerprint density at radius 3 is 2.14 bits per heavy atom. The predicted molar refractivity (Wildman–Crippen MR) is 116 cm³/mol. The first kappa shape index (κ1) is 23.1. The van der Waals surface area contributed by atoms with Crippen molar-refractivity contribution in [3.05, 3.63) is 48.0 Å². The highest BCUT2D eigenvalue weighted by Crippen LogP contribution is 2.27. The molecule has 1 aliphatic rings. The van der Waals surface area contributed by atoms with Gasteiger partial charge in [0.15, 0.2) is 6.29 Å². The molecule has 3 atom stereocenters. The first-order chi connectivity index (χ1) is 13.8. The lowest BCUT2D eigenvalue weighted by Crippen LogP contribution is -2.39. The maximum Gasteiger partial charge on any atom is 0.184 e. The number of unbranched alkanes of at least 4 members (excludes halogenated alkanes) is 11. The summed E-state index contributed by atoms with van der Waals surface area (Å²) in [5.74, 6) is 0. The highest BCUT2D eigenvalue weighted by molar-refractivity contribution is 5.16. The summed E-state index contributed by atoms with van der Waals surface area (Å²) in [5, 5.41) is 10.1. The first-order valence-corrected chi connectivity index (χ1v) is 11.5. The van der Waals surface area contributed by atoms with Crippen LogP contribution in [0, 0.1) is 0 Å². The lowest BCUT2D eigenvalue weighted by Gasteiger charge is -2.32. The van der Waals surface area contributed by atoms with Crippen molar-refractivity contribution in [3.63, 3.8) is 0 Å². The van der Waals surface area contributed by atoms with Crippen molar-refractivity contribution in [3.8, 4) is 0 Å². The number of allylic oxidation sites excluding steroid dienone is 1. The highest BCUT2D eigenvalue weighted by atomic mass is 16.7. The number of hydrogen-bond donors (Lipinski definition) is 1. The molecule has 1 aromatic rings. The molecule has 3 heteroatoms. The molecule has 1 aliphatic heterocycles. The van der Waals surface area contributed by atoms with Crippen LogP contribution in [0.5, 0.6) is 0 Å². The molecule has 0 aromatic heterocycles. The Bertz CT molecular complexity index is 514. The normalized spacial score (nSPS) is 22.7. The molecule has 0 radical (unpaired) electrons. The van der Waals surface area contributed by atoms with Crippen molar-refractivity contribution in [1.82, 2.24) is 0 Å². The summed E-state index contributed by atoms with van der Waals surface area (Å²) < 4.78 is 11.6. The first-order valence-electron chi connectivity index (χ1n) is 11.5. The third-order valence-corrected chi connectivity index (χ3v) is 5.45. The molecule has 0 aliphatic carbocycles. The third-order valence-electron chi connectivity index (χ3n) is 5.45. The van der Waals surface area contributed by atoms with E-state index in [0.717, 1.165) is 12.0 Å². The minimum Gasteiger partial charge on any atom is -0.388 e. The van der Waals surface area contributed by atoms with Crippen LogP contribution < -0.4 is 0 Å². The fraction of sp³-hybridized carbons (Fsp3) is 0.680. The number of ether oxygens (including phenoxy) is 2. The highest BCUT2D eigenvalue weighted by Gasteiger charge is 2.29. The minimum absolute atomic E-state index is 0.285.